The quantitative estimate of drug-likeness (QED) is 0.578. The van der Waals surface area contributed by atoms with Crippen LogP contribution in [-0.4, -0.2) is 47.1 Å². The van der Waals surface area contributed by atoms with Crippen LogP contribution in [-0.2, 0) is 10.9 Å². The first-order valence-electron chi connectivity index (χ1n) is 10.3. The third-order valence-electron chi connectivity index (χ3n) is 5.23. The maximum Gasteiger partial charge on any atom is 0.416 e. The molecule has 7 nitrogen and oxygen atoms in total. The van der Waals surface area contributed by atoms with E-state index in [-0.39, 0.29) is 17.4 Å². The number of hydrogen-bond acceptors (Lipinski definition) is 6. The van der Waals surface area contributed by atoms with E-state index in [0.717, 1.165) is 17.7 Å². The van der Waals surface area contributed by atoms with Crippen LogP contribution in [0.15, 0.2) is 67.1 Å². The Morgan fingerprint density at radius 1 is 1.00 bits per heavy atom. The lowest BCUT2D eigenvalue weighted by Gasteiger charge is -2.35. The maximum atomic E-state index is 13.0. The van der Waals surface area contributed by atoms with Gasteiger partial charge in [0.1, 0.15) is 12.0 Å². The number of aromatic nitrogens is 2. The van der Waals surface area contributed by atoms with Crippen LogP contribution in [0.25, 0.3) is 0 Å². The van der Waals surface area contributed by atoms with Crippen LogP contribution < -0.4 is 10.6 Å². The Bertz CT molecular complexity index is 1070. The molecule has 33 heavy (non-hydrogen) atoms. The van der Waals surface area contributed by atoms with E-state index in [9.17, 15) is 18.0 Å². The number of carbonyl (C=O) groups excluding carboxylic acids is 1. The van der Waals surface area contributed by atoms with E-state index in [1.165, 1.54) is 12.1 Å². The molecule has 0 spiro atoms. The number of benzene rings is 1. The zero-order valence-electron chi connectivity index (χ0n) is 17.5. The number of alkyl halides is 3. The summed E-state index contributed by atoms with van der Waals surface area (Å²) in [6.07, 6.45) is 0.247. The monoisotopic (exact) mass is 457 g/mol. The average Bonchev–Trinajstić information content (AvgIpc) is 2.83. The number of ether oxygens (including phenoxy) is 1. The van der Waals surface area contributed by atoms with Gasteiger partial charge in [0.05, 0.1) is 24.3 Å². The first-order valence-corrected chi connectivity index (χ1v) is 10.3. The molecule has 3 heterocycles. The Labute approximate surface area is 188 Å². The third-order valence-corrected chi connectivity index (χ3v) is 5.23. The highest BCUT2D eigenvalue weighted by molar-refractivity contribution is 6.07. The molecule has 0 saturated carbocycles. The van der Waals surface area contributed by atoms with Gasteiger partial charge in [0.25, 0.3) is 5.91 Å². The van der Waals surface area contributed by atoms with Gasteiger partial charge in [-0.15, -0.1) is 0 Å². The van der Waals surface area contributed by atoms with Crippen molar-refractivity contribution in [2.45, 2.75) is 12.3 Å². The number of nitrogens with zero attached hydrogens (tertiary/aromatic N) is 3. The fourth-order valence-corrected chi connectivity index (χ4v) is 3.54. The lowest BCUT2D eigenvalue weighted by atomic mass is 10.1. The SMILES string of the molecule is O=C(Nc1ccc(C(F)(F)F)cc1)c1cccnc1NC(c1ccncc1)N1CCOCC1. The van der Waals surface area contributed by atoms with Gasteiger partial charge in [0, 0.05) is 37.4 Å². The van der Waals surface area contributed by atoms with Crippen molar-refractivity contribution < 1.29 is 22.7 Å². The zero-order chi connectivity index (χ0) is 23.3. The number of morpholine rings is 1. The molecule has 1 unspecified atom stereocenters. The molecule has 1 aliphatic heterocycles. The van der Waals surface area contributed by atoms with E-state index in [4.69, 9.17) is 4.74 Å². The number of carbonyl (C=O) groups is 1. The molecule has 172 valence electrons. The number of halogens is 3. The normalized spacial score (nSPS) is 15.6. The summed E-state index contributed by atoms with van der Waals surface area (Å²) in [5.41, 5.74) is 0.688. The smallest absolute Gasteiger partial charge is 0.379 e. The van der Waals surface area contributed by atoms with Crippen LogP contribution in [0, 0.1) is 0 Å². The van der Waals surface area contributed by atoms with E-state index < -0.39 is 17.6 Å². The Hall–Kier alpha value is -3.50. The van der Waals surface area contributed by atoms with Crippen molar-refractivity contribution in [3.63, 3.8) is 0 Å². The van der Waals surface area contributed by atoms with Crippen LogP contribution in [0.2, 0.25) is 0 Å². The molecule has 2 N–H and O–H groups in total. The molecule has 1 amide bonds. The van der Waals surface area contributed by atoms with E-state index >= 15 is 0 Å². The number of hydrogen-bond donors (Lipinski definition) is 2. The van der Waals surface area contributed by atoms with E-state index in [1.807, 2.05) is 12.1 Å². The highest BCUT2D eigenvalue weighted by Crippen LogP contribution is 2.30. The maximum absolute atomic E-state index is 13.0. The highest BCUT2D eigenvalue weighted by Gasteiger charge is 2.30. The highest BCUT2D eigenvalue weighted by atomic mass is 19.4. The summed E-state index contributed by atoms with van der Waals surface area (Å²) in [6, 6.07) is 11.3. The van der Waals surface area contributed by atoms with Crippen LogP contribution >= 0.6 is 0 Å². The van der Waals surface area contributed by atoms with Gasteiger partial charge in [-0.1, -0.05) is 0 Å². The molecular weight excluding hydrogens is 435 g/mol. The van der Waals surface area contributed by atoms with Crippen LogP contribution in [0.3, 0.4) is 0 Å². The van der Waals surface area contributed by atoms with Crippen molar-refractivity contribution in [1.29, 1.82) is 0 Å². The van der Waals surface area contributed by atoms with E-state index in [0.29, 0.717) is 32.1 Å². The lowest BCUT2D eigenvalue weighted by Crippen LogP contribution is -2.42. The summed E-state index contributed by atoms with van der Waals surface area (Å²) in [4.78, 5) is 23.6. The number of anilines is 2. The molecule has 4 rings (SSSR count). The molecule has 10 heteroatoms. The minimum absolute atomic E-state index is 0.252. The van der Waals surface area contributed by atoms with Crippen molar-refractivity contribution in [3.05, 3.63) is 83.8 Å². The summed E-state index contributed by atoms with van der Waals surface area (Å²) in [6.45, 7) is 2.57. The molecule has 0 radical (unpaired) electrons. The van der Waals surface area contributed by atoms with Gasteiger partial charge in [-0.25, -0.2) is 4.98 Å². The first kappa shape index (κ1) is 22.7. The number of amides is 1. The zero-order valence-corrected chi connectivity index (χ0v) is 17.5. The molecule has 1 atom stereocenters. The molecule has 1 aromatic carbocycles. The second-order valence-corrected chi connectivity index (χ2v) is 7.40. The van der Waals surface area contributed by atoms with Crippen LogP contribution in [0.4, 0.5) is 24.7 Å². The number of nitrogens with one attached hydrogen (secondary N) is 2. The van der Waals surface area contributed by atoms with Crippen molar-refractivity contribution in [2.24, 2.45) is 0 Å². The molecule has 2 aromatic heterocycles. The van der Waals surface area contributed by atoms with E-state index in [2.05, 4.69) is 25.5 Å². The summed E-state index contributed by atoms with van der Waals surface area (Å²) >= 11 is 0. The summed E-state index contributed by atoms with van der Waals surface area (Å²) in [5, 5.41) is 5.99. The van der Waals surface area contributed by atoms with Gasteiger partial charge < -0.3 is 15.4 Å². The van der Waals surface area contributed by atoms with Crippen molar-refractivity contribution in [1.82, 2.24) is 14.9 Å². The molecule has 1 saturated heterocycles. The van der Waals surface area contributed by atoms with E-state index in [1.54, 1.807) is 30.7 Å². The van der Waals surface area contributed by atoms with Gasteiger partial charge in [-0.05, 0) is 54.1 Å². The predicted octanol–water partition coefficient (Wildman–Crippen LogP) is 4.19. The average molecular weight is 457 g/mol. The minimum Gasteiger partial charge on any atom is -0.379 e. The summed E-state index contributed by atoms with van der Waals surface area (Å²) < 4.78 is 43.8. The Morgan fingerprint density at radius 3 is 2.36 bits per heavy atom. The number of pyridine rings is 2. The molecule has 0 aliphatic carbocycles. The van der Waals surface area contributed by atoms with Gasteiger partial charge >= 0.3 is 6.18 Å². The minimum atomic E-state index is -4.44. The molecule has 1 aliphatic rings. The molecule has 1 fully saturated rings. The van der Waals surface area contributed by atoms with Crippen molar-refractivity contribution in [2.75, 3.05) is 36.9 Å². The fourth-order valence-electron chi connectivity index (χ4n) is 3.54. The topological polar surface area (TPSA) is 79.4 Å². The van der Waals surface area contributed by atoms with Gasteiger partial charge in [0.2, 0.25) is 0 Å². The van der Waals surface area contributed by atoms with Crippen molar-refractivity contribution in [3.8, 4) is 0 Å². The second-order valence-electron chi connectivity index (χ2n) is 7.40. The Morgan fingerprint density at radius 2 is 1.70 bits per heavy atom. The van der Waals surface area contributed by atoms with Gasteiger partial charge in [-0.2, -0.15) is 13.2 Å². The standard InChI is InChI=1S/C23H22F3N5O2/c24-23(25,26)17-3-5-18(6-4-17)29-22(32)19-2-1-9-28-20(19)30-21(16-7-10-27-11-8-16)31-12-14-33-15-13-31/h1-11,21H,12-15H2,(H,28,30)(H,29,32). The third kappa shape index (κ3) is 5.65. The summed E-state index contributed by atoms with van der Waals surface area (Å²) in [7, 11) is 0. The lowest BCUT2D eigenvalue weighted by molar-refractivity contribution is -0.137. The Balaban J connectivity index is 1.56. The largest absolute Gasteiger partial charge is 0.416 e. The molecular formula is C23H22F3N5O2. The molecule has 0 bridgehead atoms. The predicted molar refractivity (Wildman–Crippen MR) is 117 cm³/mol. The second kappa shape index (κ2) is 9.97. The van der Waals surface area contributed by atoms with Gasteiger partial charge in [-0.3, -0.25) is 14.7 Å². The van der Waals surface area contributed by atoms with Gasteiger partial charge in [0.15, 0.2) is 0 Å². The number of rotatable bonds is 6. The Kier molecular flexibility index (Phi) is 6.85. The van der Waals surface area contributed by atoms with Crippen molar-refractivity contribution >= 4 is 17.4 Å². The van der Waals surface area contributed by atoms with Crippen LogP contribution in [0.5, 0.6) is 0 Å². The first-order chi connectivity index (χ1) is 15.9. The van der Waals surface area contributed by atoms with Crippen LogP contribution in [0.1, 0.15) is 27.7 Å². The fraction of sp³-hybridized carbons (Fsp3) is 0.261. The summed E-state index contributed by atoms with van der Waals surface area (Å²) in [5.74, 6) is -0.129. The molecule has 3 aromatic rings.